The van der Waals surface area contributed by atoms with Gasteiger partial charge >= 0.3 is 0 Å². The van der Waals surface area contributed by atoms with Crippen molar-refractivity contribution in [3.8, 4) is 0 Å². The van der Waals surface area contributed by atoms with Crippen molar-refractivity contribution in [3.63, 3.8) is 0 Å². The number of benzene rings is 1. The number of aromatic nitrogens is 2. The van der Waals surface area contributed by atoms with Crippen molar-refractivity contribution in [2.75, 3.05) is 11.1 Å². The minimum absolute atomic E-state index is 0.0358. The Morgan fingerprint density at radius 2 is 2.15 bits per heavy atom. The summed E-state index contributed by atoms with van der Waals surface area (Å²) in [7, 11) is 0. The molecule has 0 spiro atoms. The largest absolute Gasteiger partial charge is 0.301 e. The Morgan fingerprint density at radius 3 is 2.92 bits per heavy atom. The number of nitrogens with one attached hydrogen (secondary N) is 1. The predicted octanol–water partition coefficient (Wildman–Crippen LogP) is 5.07. The normalized spacial score (nSPS) is 10.7. The molecule has 0 aliphatic carbocycles. The molecule has 4 nitrogen and oxygen atoms in total. The van der Waals surface area contributed by atoms with Crippen LogP contribution in [0.2, 0.25) is 0 Å². The number of hydrogen-bond donors (Lipinski definition) is 1. The van der Waals surface area contributed by atoms with Crippen LogP contribution in [0.4, 0.5) is 5.13 Å². The molecule has 3 aromatic rings. The van der Waals surface area contributed by atoms with Crippen LogP contribution in [0.15, 0.2) is 53.3 Å². The third-order valence-electron chi connectivity index (χ3n) is 3.61. The van der Waals surface area contributed by atoms with Crippen LogP contribution in [0.1, 0.15) is 21.7 Å². The van der Waals surface area contributed by atoms with Crippen molar-refractivity contribution in [2.24, 2.45) is 0 Å². The number of thiazole rings is 1. The molecule has 0 aliphatic heterocycles. The van der Waals surface area contributed by atoms with Gasteiger partial charge in [-0.05, 0) is 36.2 Å². The van der Waals surface area contributed by atoms with E-state index in [0.717, 1.165) is 27.2 Å². The lowest BCUT2D eigenvalue weighted by molar-refractivity contribution is -0.113. The second-order valence-electron chi connectivity index (χ2n) is 5.75. The lowest BCUT2D eigenvalue weighted by Crippen LogP contribution is -2.13. The van der Waals surface area contributed by atoms with Gasteiger partial charge in [0, 0.05) is 33.9 Å². The number of pyridine rings is 1. The highest BCUT2D eigenvalue weighted by molar-refractivity contribution is 9.10. The molecule has 0 unspecified atom stereocenters. The van der Waals surface area contributed by atoms with Crippen LogP contribution in [0.25, 0.3) is 0 Å². The zero-order valence-corrected chi connectivity index (χ0v) is 17.5. The molecule has 0 radical (unpaired) electrons. The molecular weight excluding hydrogens is 430 g/mol. The number of nitrogens with zero attached hydrogens (tertiary/aromatic N) is 2. The zero-order chi connectivity index (χ0) is 18.4. The molecule has 3 rings (SSSR count). The number of thioether (sulfide) groups is 1. The summed E-state index contributed by atoms with van der Waals surface area (Å²) in [6.45, 7) is 2.08. The topological polar surface area (TPSA) is 54.9 Å². The van der Waals surface area contributed by atoms with E-state index in [1.807, 2.05) is 24.4 Å². The Kier molecular flexibility index (Phi) is 6.82. The third-order valence-corrected chi connectivity index (χ3v) is 6.38. The molecule has 0 saturated carbocycles. The third kappa shape index (κ3) is 5.65. The van der Waals surface area contributed by atoms with Crippen molar-refractivity contribution in [1.29, 1.82) is 0 Å². The first-order valence-corrected chi connectivity index (χ1v) is 10.8. The van der Waals surface area contributed by atoms with E-state index in [9.17, 15) is 4.79 Å². The van der Waals surface area contributed by atoms with Gasteiger partial charge in [-0.15, -0.1) is 23.1 Å². The number of rotatable bonds is 7. The molecule has 1 amide bonds. The van der Waals surface area contributed by atoms with Gasteiger partial charge in [-0.3, -0.25) is 9.78 Å². The fraction of sp³-hybridized carbons (Fsp3) is 0.211. The monoisotopic (exact) mass is 447 g/mol. The van der Waals surface area contributed by atoms with Gasteiger partial charge in [0.1, 0.15) is 0 Å². The maximum atomic E-state index is 12.1. The molecule has 1 aromatic carbocycles. The van der Waals surface area contributed by atoms with E-state index in [1.54, 1.807) is 18.0 Å². The van der Waals surface area contributed by atoms with Crippen LogP contribution < -0.4 is 5.32 Å². The molecule has 2 aromatic heterocycles. The Hall–Kier alpha value is -1.70. The maximum absolute atomic E-state index is 12.1. The van der Waals surface area contributed by atoms with Gasteiger partial charge in [0.05, 0.1) is 11.4 Å². The van der Waals surface area contributed by atoms with E-state index in [0.29, 0.717) is 10.9 Å². The first-order valence-electron chi connectivity index (χ1n) is 8.07. The van der Waals surface area contributed by atoms with Gasteiger partial charge in [0.25, 0.3) is 0 Å². The number of halogens is 1. The Bertz CT molecular complexity index is 884. The average molecular weight is 448 g/mol. The maximum Gasteiger partial charge on any atom is 0.236 e. The molecule has 7 heteroatoms. The minimum Gasteiger partial charge on any atom is -0.301 e. The van der Waals surface area contributed by atoms with Crippen molar-refractivity contribution in [1.82, 2.24) is 9.97 Å². The highest BCUT2D eigenvalue weighted by atomic mass is 79.9. The van der Waals surface area contributed by atoms with E-state index < -0.39 is 0 Å². The molecule has 0 bridgehead atoms. The molecule has 26 heavy (non-hydrogen) atoms. The van der Waals surface area contributed by atoms with Crippen LogP contribution in [-0.4, -0.2) is 21.6 Å². The van der Waals surface area contributed by atoms with E-state index in [2.05, 4.69) is 56.3 Å². The van der Waals surface area contributed by atoms with Gasteiger partial charge in [-0.2, -0.15) is 0 Å². The van der Waals surface area contributed by atoms with Crippen molar-refractivity contribution in [3.05, 3.63) is 75.0 Å². The number of anilines is 1. The summed E-state index contributed by atoms with van der Waals surface area (Å²) in [6, 6.07) is 12.1. The highest BCUT2D eigenvalue weighted by Crippen LogP contribution is 2.24. The van der Waals surface area contributed by atoms with Gasteiger partial charge in [-0.1, -0.05) is 34.1 Å². The second-order valence-corrected chi connectivity index (χ2v) is 8.71. The predicted molar refractivity (Wildman–Crippen MR) is 113 cm³/mol. The molecular formula is C19H18BrN3OS2. The molecule has 0 atom stereocenters. The number of carbonyl (C=O) groups is 1. The van der Waals surface area contributed by atoms with Gasteiger partial charge < -0.3 is 5.32 Å². The van der Waals surface area contributed by atoms with E-state index >= 15 is 0 Å². The van der Waals surface area contributed by atoms with Crippen LogP contribution in [0.5, 0.6) is 0 Å². The fourth-order valence-electron chi connectivity index (χ4n) is 2.35. The minimum atomic E-state index is -0.0358. The Labute approximate surface area is 169 Å². The number of hydrogen-bond acceptors (Lipinski definition) is 5. The lowest BCUT2D eigenvalue weighted by atomic mass is 10.1. The summed E-state index contributed by atoms with van der Waals surface area (Å²) in [5, 5.41) is 3.52. The smallest absolute Gasteiger partial charge is 0.236 e. The van der Waals surface area contributed by atoms with Crippen molar-refractivity contribution in [2.45, 2.75) is 19.1 Å². The molecule has 0 aliphatic rings. The SMILES string of the molecule is Cc1cc(Cc2cnc(NC(=O)CSCc3ccccn3)s2)ccc1Br. The second kappa shape index (κ2) is 9.30. The summed E-state index contributed by atoms with van der Waals surface area (Å²) < 4.78 is 1.11. The number of aryl methyl sites for hydroxylation is 1. The summed E-state index contributed by atoms with van der Waals surface area (Å²) >= 11 is 6.58. The van der Waals surface area contributed by atoms with Gasteiger partial charge in [0.2, 0.25) is 5.91 Å². The molecule has 0 fully saturated rings. The molecule has 134 valence electrons. The van der Waals surface area contributed by atoms with Crippen LogP contribution in [-0.2, 0) is 17.0 Å². The first kappa shape index (κ1) is 19.1. The van der Waals surface area contributed by atoms with Gasteiger partial charge in [0.15, 0.2) is 5.13 Å². The highest BCUT2D eigenvalue weighted by Gasteiger charge is 2.08. The number of amides is 1. The standard InChI is InChI=1S/C19H18BrN3OS2/c1-13-8-14(5-6-17(13)20)9-16-10-22-19(26-16)23-18(24)12-25-11-15-4-2-3-7-21-15/h2-8,10H,9,11-12H2,1H3,(H,22,23,24). The Morgan fingerprint density at radius 1 is 1.27 bits per heavy atom. The zero-order valence-electron chi connectivity index (χ0n) is 14.2. The summed E-state index contributed by atoms with van der Waals surface area (Å²) in [5.41, 5.74) is 3.43. The first-order chi connectivity index (χ1) is 12.6. The fourth-order valence-corrected chi connectivity index (χ4v) is 4.20. The summed E-state index contributed by atoms with van der Waals surface area (Å²) in [6.07, 6.45) is 4.41. The average Bonchev–Trinajstić information content (AvgIpc) is 3.06. The van der Waals surface area contributed by atoms with E-state index in [-0.39, 0.29) is 5.91 Å². The van der Waals surface area contributed by atoms with Crippen LogP contribution >= 0.6 is 39.0 Å². The number of carbonyl (C=O) groups excluding carboxylic acids is 1. The van der Waals surface area contributed by atoms with Crippen LogP contribution in [0.3, 0.4) is 0 Å². The molecule has 0 saturated heterocycles. The Balaban J connectivity index is 1.48. The summed E-state index contributed by atoms with van der Waals surface area (Å²) in [4.78, 5) is 21.8. The molecule has 2 heterocycles. The molecule has 1 N–H and O–H groups in total. The summed E-state index contributed by atoms with van der Waals surface area (Å²) in [5.74, 6) is 1.07. The lowest BCUT2D eigenvalue weighted by Gasteiger charge is -2.03. The van der Waals surface area contributed by atoms with Crippen molar-refractivity contribution >= 4 is 50.1 Å². The van der Waals surface area contributed by atoms with Crippen molar-refractivity contribution < 1.29 is 4.79 Å². The van der Waals surface area contributed by atoms with Crippen LogP contribution in [0, 0.1) is 6.92 Å². The quantitative estimate of drug-likeness (QED) is 0.548. The van der Waals surface area contributed by atoms with Gasteiger partial charge in [-0.25, -0.2) is 4.98 Å². The van der Waals surface area contributed by atoms with E-state index in [4.69, 9.17) is 0 Å². The van der Waals surface area contributed by atoms with E-state index in [1.165, 1.54) is 22.5 Å².